The Morgan fingerprint density at radius 3 is 2.60 bits per heavy atom. The summed E-state index contributed by atoms with van der Waals surface area (Å²) in [5.41, 5.74) is 5.42. The van der Waals surface area contributed by atoms with E-state index in [1.54, 1.807) is 4.90 Å². The van der Waals surface area contributed by atoms with Crippen LogP contribution in [-0.2, 0) is 4.79 Å². The number of carbonyl (C=O) groups is 1. The molecule has 10 heavy (non-hydrogen) atoms. The molecule has 1 rings (SSSR count). The molecule has 0 radical (unpaired) electrons. The highest BCUT2D eigenvalue weighted by Crippen LogP contribution is 2.06. The standard InChI is InChI=1S/C7H12N2O/c1-2-6(8)7(10)9-4-3-5-9/h2,6H,1,3-5,8H2/t6-/m1/s1. The molecule has 0 aromatic rings. The van der Waals surface area contributed by atoms with E-state index in [4.69, 9.17) is 5.73 Å². The number of rotatable bonds is 2. The molecule has 0 aromatic heterocycles. The van der Waals surface area contributed by atoms with Crippen LogP contribution >= 0.6 is 0 Å². The van der Waals surface area contributed by atoms with Crippen LogP contribution in [0, 0.1) is 0 Å². The largest absolute Gasteiger partial charge is 0.341 e. The molecule has 2 N–H and O–H groups in total. The minimum Gasteiger partial charge on any atom is -0.341 e. The van der Waals surface area contributed by atoms with Gasteiger partial charge in [0, 0.05) is 13.1 Å². The molecule has 0 aromatic carbocycles. The van der Waals surface area contributed by atoms with Crippen molar-refractivity contribution in [2.45, 2.75) is 12.5 Å². The molecular weight excluding hydrogens is 128 g/mol. The molecule has 3 heteroatoms. The van der Waals surface area contributed by atoms with Crippen molar-refractivity contribution in [3.05, 3.63) is 12.7 Å². The zero-order valence-corrected chi connectivity index (χ0v) is 5.92. The van der Waals surface area contributed by atoms with E-state index in [1.807, 2.05) is 0 Å². The van der Waals surface area contributed by atoms with Crippen molar-refractivity contribution in [2.75, 3.05) is 13.1 Å². The second-order valence-electron chi connectivity index (χ2n) is 2.44. The van der Waals surface area contributed by atoms with Crippen molar-refractivity contribution in [3.8, 4) is 0 Å². The Kier molecular flexibility index (Phi) is 2.06. The van der Waals surface area contributed by atoms with Crippen molar-refractivity contribution in [1.29, 1.82) is 0 Å². The zero-order valence-electron chi connectivity index (χ0n) is 5.92. The van der Waals surface area contributed by atoms with Gasteiger partial charge in [-0.1, -0.05) is 6.08 Å². The molecule has 1 amide bonds. The minimum atomic E-state index is -0.500. The van der Waals surface area contributed by atoms with Gasteiger partial charge in [-0.25, -0.2) is 0 Å². The van der Waals surface area contributed by atoms with Crippen molar-refractivity contribution in [1.82, 2.24) is 4.90 Å². The van der Waals surface area contributed by atoms with Gasteiger partial charge in [-0.3, -0.25) is 4.79 Å². The SMILES string of the molecule is C=C[C@@H](N)C(=O)N1CCC1. The molecule has 1 atom stereocenters. The molecule has 1 saturated heterocycles. The minimum absolute atomic E-state index is 0.00116. The highest BCUT2D eigenvalue weighted by atomic mass is 16.2. The summed E-state index contributed by atoms with van der Waals surface area (Å²) in [5, 5.41) is 0. The van der Waals surface area contributed by atoms with E-state index in [1.165, 1.54) is 6.08 Å². The predicted octanol–water partition coefficient (Wildman–Crippen LogP) is -0.268. The molecule has 0 saturated carbocycles. The number of amides is 1. The molecule has 1 fully saturated rings. The summed E-state index contributed by atoms with van der Waals surface area (Å²) in [6.07, 6.45) is 2.58. The summed E-state index contributed by atoms with van der Waals surface area (Å²) in [7, 11) is 0. The van der Waals surface area contributed by atoms with E-state index in [9.17, 15) is 4.79 Å². The van der Waals surface area contributed by atoms with Gasteiger partial charge in [0.25, 0.3) is 0 Å². The van der Waals surface area contributed by atoms with Crippen LogP contribution < -0.4 is 5.73 Å². The van der Waals surface area contributed by atoms with Crippen molar-refractivity contribution < 1.29 is 4.79 Å². The van der Waals surface area contributed by atoms with Crippen molar-refractivity contribution >= 4 is 5.91 Å². The second-order valence-corrected chi connectivity index (χ2v) is 2.44. The third-order valence-electron chi connectivity index (χ3n) is 1.71. The van der Waals surface area contributed by atoms with Crippen LogP contribution in [0.5, 0.6) is 0 Å². The topological polar surface area (TPSA) is 46.3 Å². The maximum Gasteiger partial charge on any atom is 0.243 e. The first kappa shape index (κ1) is 7.28. The van der Waals surface area contributed by atoms with Crippen molar-refractivity contribution in [3.63, 3.8) is 0 Å². The molecule has 1 heterocycles. The van der Waals surface area contributed by atoms with Crippen molar-refractivity contribution in [2.24, 2.45) is 5.73 Å². The Bertz CT molecular complexity index is 152. The van der Waals surface area contributed by atoms with E-state index in [0.29, 0.717) is 0 Å². The van der Waals surface area contributed by atoms with Crippen LogP contribution in [0.1, 0.15) is 6.42 Å². The van der Waals surface area contributed by atoms with Crippen LogP contribution in [-0.4, -0.2) is 29.9 Å². The van der Waals surface area contributed by atoms with Crippen LogP contribution in [0.25, 0.3) is 0 Å². The lowest BCUT2D eigenvalue weighted by Gasteiger charge is -2.32. The number of hydrogen-bond donors (Lipinski definition) is 1. The highest BCUT2D eigenvalue weighted by Gasteiger charge is 2.23. The first-order chi connectivity index (χ1) is 4.75. The molecule has 3 nitrogen and oxygen atoms in total. The molecular formula is C7H12N2O. The van der Waals surface area contributed by atoms with Gasteiger partial charge in [-0.15, -0.1) is 6.58 Å². The molecule has 0 aliphatic carbocycles. The molecule has 0 bridgehead atoms. The van der Waals surface area contributed by atoms with E-state index < -0.39 is 6.04 Å². The summed E-state index contributed by atoms with van der Waals surface area (Å²) in [4.78, 5) is 12.8. The van der Waals surface area contributed by atoms with Gasteiger partial charge >= 0.3 is 0 Å². The first-order valence-corrected chi connectivity index (χ1v) is 3.42. The van der Waals surface area contributed by atoms with E-state index in [2.05, 4.69) is 6.58 Å². The fourth-order valence-corrected chi connectivity index (χ4v) is 0.848. The molecule has 1 aliphatic heterocycles. The fourth-order valence-electron chi connectivity index (χ4n) is 0.848. The smallest absolute Gasteiger partial charge is 0.243 e. The fraction of sp³-hybridized carbons (Fsp3) is 0.571. The average Bonchev–Trinajstić information content (AvgIpc) is 1.82. The van der Waals surface area contributed by atoms with Gasteiger partial charge in [-0.05, 0) is 6.42 Å². The molecule has 0 spiro atoms. The normalized spacial score (nSPS) is 19.5. The highest BCUT2D eigenvalue weighted by molar-refractivity contribution is 5.83. The van der Waals surface area contributed by atoms with Crippen LogP contribution in [0.3, 0.4) is 0 Å². The molecule has 56 valence electrons. The van der Waals surface area contributed by atoms with Crippen LogP contribution in [0.15, 0.2) is 12.7 Å². The van der Waals surface area contributed by atoms with E-state index in [0.717, 1.165) is 19.5 Å². The lowest BCUT2D eigenvalue weighted by Crippen LogP contribution is -2.49. The number of nitrogens with zero attached hydrogens (tertiary/aromatic N) is 1. The predicted molar refractivity (Wildman–Crippen MR) is 39.4 cm³/mol. The summed E-state index contributed by atoms with van der Waals surface area (Å²) >= 11 is 0. The Morgan fingerprint density at radius 1 is 1.70 bits per heavy atom. The Morgan fingerprint density at radius 2 is 2.30 bits per heavy atom. The summed E-state index contributed by atoms with van der Waals surface area (Å²) in [5.74, 6) is 0.00116. The van der Waals surface area contributed by atoms with Gasteiger partial charge in [0.15, 0.2) is 0 Å². The Hall–Kier alpha value is -0.830. The number of likely N-dealkylation sites (tertiary alicyclic amines) is 1. The van der Waals surface area contributed by atoms with Crippen LogP contribution in [0.4, 0.5) is 0 Å². The zero-order chi connectivity index (χ0) is 7.56. The van der Waals surface area contributed by atoms with Crippen LogP contribution in [0.2, 0.25) is 0 Å². The Balaban J connectivity index is 2.39. The Labute approximate surface area is 60.5 Å². The third-order valence-corrected chi connectivity index (χ3v) is 1.71. The number of hydrogen-bond acceptors (Lipinski definition) is 2. The van der Waals surface area contributed by atoms with Gasteiger partial charge < -0.3 is 10.6 Å². The average molecular weight is 140 g/mol. The number of nitrogens with two attached hydrogens (primary N) is 1. The maximum absolute atomic E-state index is 11.1. The van der Waals surface area contributed by atoms with Gasteiger partial charge in [0.2, 0.25) is 5.91 Å². The third kappa shape index (κ3) is 1.19. The van der Waals surface area contributed by atoms with Gasteiger partial charge in [0.1, 0.15) is 6.04 Å². The molecule has 1 aliphatic rings. The maximum atomic E-state index is 11.1. The lowest BCUT2D eigenvalue weighted by molar-refractivity contribution is -0.134. The molecule has 0 unspecified atom stereocenters. The van der Waals surface area contributed by atoms with Gasteiger partial charge in [-0.2, -0.15) is 0 Å². The quantitative estimate of drug-likeness (QED) is 0.537. The van der Waals surface area contributed by atoms with E-state index >= 15 is 0 Å². The second kappa shape index (κ2) is 2.84. The summed E-state index contributed by atoms with van der Waals surface area (Å²) in [6.45, 7) is 5.17. The summed E-state index contributed by atoms with van der Waals surface area (Å²) < 4.78 is 0. The van der Waals surface area contributed by atoms with E-state index in [-0.39, 0.29) is 5.91 Å². The van der Waals surface area contributed by atoms with Gasteiger partial charge in [0.05, 0.1) is 0 Å². The summed E-state index contributed by atoms with van der Waals surface area (Å²) in [6, 6.07) is -0.500. The monoisotopic (exact) mass is 140 g/mol. The number of carbonyl (C=O) groups excluding carboxylic acids is 1. The lowest BCUT2D eigenvalue weighted by atomic mass is 10.1. The first-order valence-electron chi connectivity index (χ1n) is 3.42.